The summed E-state index contributed by atoms with van der Waals surface area (Å²) < 4.78 is 41.9. The minimum Gasteiger partial charge on any atom is -0.324 e. The van der Waals surface area contributed by atoms with Crippen molar-refractivity contribution in [2.24, 2.45) is 0 Å². The smallest absolute Gasteiger partial charge is 0.265 e. The van der Waals surface area contributed by atoms with Crippen molar-refractivity contribution in [2.75, 3.05) is 16.2 Å². The summed E-state index contributed by atoms with van der Waals surface area (Å²) >= 11 is 1.73. The average Bonchev–Trinajstić information content (AvgIpc) is 2.87. The Bertz CT molecular complexity index is 1560. The molecule has 182 valence electrons. The molecular weight excluding hydrogens is 495 g/mol. The van der Waals surface area contributed by atoms with Crippen molar-refractivity contribution >= 4 is 39.1 Å². The molecule has 5 rings (SSSR count). The van der Waals surface area contributed by atoms with Gasteiger partial charge in [0.2, 0.25) is 5.91 Å². The van der Waals surface area contributed by atoms with Crippen LogP contribution in [0.2, 0.25) is 0 Å². The summed E-state index contributed by atoms with van der Waals surface area (Å²) in [5.74, 6) is -0.172. The average molecular weight is 519 g/mol. The quantitative estimate of drug-likeness (QED) is 0.307. The molecule has 1 amide bonds. The van der Waals surface area contributed by atoms with E-state index in [4.69, 9.17) is 0 Å². The molecule has 0 aliphatic carbocycles. The molecule has 1 aliphatic heterocycles. The highest BCUT2D eigenvalue weighted by Crippen LogP contribution is 2.43. The number of rotatable bonds is 6. The van der Waals surface area contributed by atoms with Crippen LogP contribution in [-0.2, 0) is 20.6 Å². The number of carbonyl (C=O) groups is 1. The van der Waals surface area contributed by atoms with Gasteiger partial charge < -0.3 is 5.32 Å². The Morgan fingerprint density at radius 1 is 0.917 bits per heavy atom. The van der Waals surface area contributed by atoms with E-state index in [0.717, 1.165) is 21.2 Å². The first-order valence-electron chi connectivity index (χ1n) is 11.3. The highest BCUT2D eigenvalue weighted by atomic mass is 32.2. The molecule has 4 aromatic rings. The van der Waals surface area contributed by atoms with Crippen LogP contribution in [-0.4, -0.2) is 20.9 Å². The Hall–Kier alpha value is -3.62. The Labute approximate surface area is 214 Å². The maximum Gasteiger partial charge on any atom is 0.265 e. The molecule has 0 radical (unpaired) electrons. The Morgan fingerprint density at radius 2 is 1.67 bits per heavy atom. The Morgan fingerprint density at radius 3 is 2.44 bits per heavy atom. The maximum atomic E-state index is 14.0. The third-order valence-corrected chi connectivity index (χ3v) is 8.87. The molecule has 0 spiro atoms. The summed E-state index contributed by atoms with van der Waals surface area (Å²) in [4.78, 5) is 14.2. The fourth-order valence-corrected chi connectivity index (χ4v) is 6.74. The van der Waals surface area contributed by atoms with Crippen LogP contribution in [0.1, 0.15) is 11.1 Å². The summed E-state index contributed by atoms with van der Waals surface area (Å²) in [6.45, 7) is 1.47. The summed E-state index contributed by atoms with van der Waals surface area (Å²) in [6.07, 6.45) is 0. The number of carbonyl (C=O) groups excluding carboxylic acids is 1. The lowest BCUT2D eigenvalue weighted by Crippen LogP contribution is -2.40. The number of amides is 1. The molecule has 0 bridgehead atoms. The number of fused-ring (bicyclic) bond motifs is 3. The molecule has 1 N–H and O–H groups in total. The molecule has 4 aromatic carbocycles. The topological polar surface area (TPSA) is 66.5 Å². The second-order valence-electron chi connectivity index (χ2n) is 8.47. The lowest BCUT2D eigenvalue weighted by molar-refractivity contribution is -0.114. The first kappa shape index (κ1) is 24.1. The molecule has 5 nitrogen and oxygen atoms in total. The van der Waals surface area contributed by atoms with E-state index in [0.29, 0.717) is 16.8 Å². The monoisotopic (exact) mass is 518 g/mol. The van der Waals surface area contributed by atoms with Crippen molar-refractivity contribution < 1.29 is 17.6 Å². The third kappa shape index (κ3) is 4.74. The molecule has 0 saturated carbocycles. The zero-order valence-electron chi connectivity index (χ0n) is 19.4. The number of nitrogens with one attached hydrogen (secondary N) is 1. The predicted molar refractivity (Wildman–Crippen MR) is 142 cm³/mol. The van der Waals surface area contributed by atoms with Crippen molar-refractivity contribution in [3.8, 4) is 11.1 Å². The zero-order chi connectivity index (χ0) is 25.3. The van der Waals surface area contributed by atoms with Gasteiger partial charge in [-0.1, -0.05) is 48.5 Å². The highest BCUT2D eigenvalue weighted by molar-refractivity contribution is 7.98. The molecule has 0 unspecified atom stereocenters. The van der Waals surface area contributed by atoms with Crippen LogP contribution >= 0.6 is 11.8 Å². The van der Waals surface area contributed by atoms with Gasteiger partial charge in [0.1, 0.15) is 12.4 Å². The van der Waals surface area contributed by atoms with Crippen molar-refractivity contribution in [3.05, 3.63) is 108 Å². The number of thioether (sulfide) groups is 1. The zero-order valence-corrected chi connectivity index (χ0v) is 21.1. The summed E-state index contributed by atoms with van der Waals surface area (Å²) in [6, 6.07) is 26.2. The number of benzene rings is 4. The van der Waals surface area contributed by atoms with Gasteiger partial charge in [-0.05, 0) is 60.5 Å². The molecule has 1 heterocycles. The highest BCUT2D eigenvalue weighted by Gasteiger charge is 2.36. The number of nitrogens with zero attached hydrogens (tertiary/aromatic N) is 1. The van der Waals surface area contributed by atoms with Gasteiger partial charge in [0, 0.05) is 27.5 Å². The van der Waals surface area contributed by atoms with Crippen molar-refractivity contribution in [3.63, 3.8) is 0 Å². The SMILES string of the molecule is Cc1cc(CSc2ccccc2)ccc1NC(=O)CN1c2ccc(F)cc2-c2ccccc2S1(=O)=O. The van der Waals surface area contributed by atoms with Gasteiger partial charge in [-0.3, -0.25) is 9.10 Å². The number of sulfonamides is 1. The number of aryl methyl sites for hydroxylation is 1. The predicted octanol–water partition coefficient (Wildman–Crippen LogP) is 6.24. The number of halogens is 1. The summed E-state index contributed by atoms with van der Waals surface area (Å²) in [5, 5.41) is 2.84. The van der Waals surface area contributed by atoms with Gasteiger partial charge in [-0.25, -0.2) is 12.8 Å². The third-order valence-electron chi connectivity index (χ3n) is 5.97. The van der Waals surface area contributed by atoms with Gasteiger partial charge in [0.05, 0.1) is 10.6 Å². The minimum absolute atomic E-state index is 0.0485. The first-order valence-corrected chi connectivity index (χ1v) is 13.7. The van der Waals surface area contributed by atoms with Gasteiger partial charge in [-0.15, -0.1) is 11.8 Å². The molecule has 0 saturated heterocycles. The Kier molecular flexibility index (Phi) is 6.55. The van der Waals surface area contributed by atoms with Crippen LogP contribution in [0, 0.1) is 12.7 Å². The summed E-state index contributed by atoms with van der Waals surface area (Å²) in [7, 11) is -4.00. The molecule has 36 heavy (non-hydrogen) atoms. The van der Waals surface area contributed by atoms with E-state index in [1.165, 1.54) is 29.2 Å². The number of hydrogen-bond donors (Lipinski definition) is 1. The van der Waals surface area contributed by atoms with Crippen LogP contribution in [0.4, 0.5) is 15.8 Å². The van der Waals surface area contributed by atoms with Gasteiger partial charge >= 0.3 is 0 Å². The second kappa shape index (κ2) is 9.79. The Balaban J connectivity index is 1.35. The van der Waals surface area contributed by atoms with E-state index in [1.807, 2.05) is 43.3 Å². The summed E-state index contributed by atoms with van der Waals surface area (Å²) in [5.41, 5.74) is 3.74. The van der Waals surface area contributed by atoms with Crippen LogP contribution in [0.15, 0.2) is 101 Å². The van der Waals surface area contributed by atoms with Crippen molar-refractivity contribution in [1.29, 1.82) is 0 Å². The van der Waals surface area contributed by atoms with E-state index < -0.39 is 28.3 Å². The molecule has 0 fully saturated rings. The van der Waals surface area contributed by atoms with Crippen LogP contribution in [0.25, 0.3) is 11.1 Å². The standard InChI is InChI=1S/C28H23FN2O3S2/c1-19-15-20(18-35-22-7-3-2-4-8-22)11-13-25(19)30-28(32)17-31-26-14-12-21(29)16-24(26)23-9-5-6-10-27(23)36(31,33)34/h2-16H,17-18H2,1H3,(H,30,32). The lowest BCUT2D eigenvalue weighted by atomic mass is 10.0. The first-order chi connectivity index (χ1) is 17.3. The van der Waals surface area contributed by atoms with Gasteiger partial charge in [0.15, 0.2) is 0 Å². The van der Waals surface area contributed by atoms with E-state index in [-0.39, 0.29) is 10.6 Å². The van der Waals surface area contributed by atoms with E-state index in [9.17, 15) is 17.6 Å². The molecule has 8 heteroatoms. The van der Waals surface area contributed by atoms with Crippen molar-refractivity contribution in [2.45, 2.75) is 22.5 Å². The molecule has 0 aromatic heterocycles. The second-order valence-corrected chi connectivity index (χ2v) is 11.3. The van der Waals surface area contributed by atoms with Crippen LogP contribution in [0.5, 0.6) is 0 Å². The van der Waals surface area contributed by atoms with Crippen LogP contribution in [0.3, 0.4) is 0 Å². The maximum absolute atomic E-state index is 14.0. The fourth-order valence-electron chi connectivity index (χ4n) is 4.23. The van der Waals surface area contributed by atoms with Crippen molar-refractivity contribution in [1.82, 2.24) is 0 Å². The van der Waals surface area contributed by atoms with Crippen LogP contribution < -0.4 is 9.62 Å². The van der Waals surface area contributed by atoms with E-state index in [2.05, 4.69) is 17.4 Å². The molecule has 1 aliphatic rings. The fraction of sp³-hybridized carbons (Fsp3) is 0.107. The molecular formula is C28H23FN2O3S2. The largest absolute Gasteiger partial charge is 0.324 e. The lowest BCUT2D eigenvalue weighted by Gasteiger charge is -2.31. The van der Waals surface area contributed by atoms with Gasteiger partial charge in [0.25, 0.3) is 10.0 Å². The van der Waals surface area contributed by atoms with E-state index >= 15 is 0 Å². The van der Waals surface area contributed by atoms with Gasteiger partial charge in [-0.2, -0.15) is 0 Å². The number of hydrogen-bond acceptors (Lipinski definition) is 4. The van der Waals surface area contributed by atoms with E-state index in [1.54, 1.807) is 30.0 Å². The normalized spacial score (nSPS) is 13.6. The molecule has 0 atom stereocenters. The minimum atomic E-state index is -4.00. The number of anilines is 2.